The molecule has 0 unspecified atom stereocenters. The summed E-state index contributed by atoms with van der Waals surface area (Å²) in [6.07, 6.45) is 10.8. The van der Waals surface area contributed by atoms with Crippen LogP contribution in [-0.2, 0) is 9.53 Å². The number of esters is 1. The lowest BCUT2D eigenvalue weighted by atomic mass is 10.1. The number of carbonyl (C=O) groups is 1. The van der Waals surface area contributed by atoms with Gasteiger partial charge in [0.2, 0.25) is 0 Å². The minimum Gasteiger partial charge on any atom is -0.462 e. The second-order valence-corrected chi connectivity index (χ2v) is 4.95. The van der Waals surface area contributed by atoms with Crippen molar-refractivity contribution >= 4 is 17.6 Å². The molecule has 0 aliphatic heterocycles. The zero-order chi connectivity index (χ0) is 13.6. The Bertz CT molecular complexity index is 238. The minimum atomic E-state index is -0.337. The standard InChI is InChI=1S/C14H26ClNO2/c1-13(16)12-14(17)18-11-9-7-5-3-2-4-6-8-10-15/h12H,2-11,16H2,1H3/b13-12-. The van der Waals surface area contributed by atoms with Crippen LogP contribution in [0.4, 0.5) is 0 Å². The molecule has 0 aromatic rings. The van der Waals surface area contributed by atoms with E-state index in [2.05, 4.69) is 0 Å². The Labute approximate surface area is 116 Å². The van der Waals surface area contributed by atoms with Crippen molar-refractivity contribution in [2.24, 2.45) is 5.73 Å². The second-order valence-electron chi connectivity index (χ2n) is 4.57. The number of alkyl halides is 1. The molecule has 4 heteroatoms. The molecule has 0 aliphatic rings. The highest BCUT2D eigenvalue weighted by atomic mass is 35.5. The maximum Gasteiger partial charge on any atom is 0.332 e. The summed E-state index contributed by atoms with van der Waals surface area (Å²) in [5.41, 5.74) is 5.85. The van der Waals surface area contributed by atoms with Gasteiger partial charge >= 0.3 is 5.97 Å². The van der Waals surface area contributed by atoms with E-state index in [1.165, 1.54) is 38.2 Å². The first kappa shape index (κ1) is 17.3. The van der Waals surface area contributed by atoms with Crippen molar-refractivity contribution in [2.45, 2.75) is 58.3 Å². The van der Waals surface area contributed by atoms with Crippen LogP contribution < -0.4 is 5.73 Å². The van der Waals surface area contributed by atoms with Gasteiger partial charge in [-0.15, -0.1) is 11.6 Å². The first-order valence-electron chi connectivity index (χ1n) is 6.83. The topological polar surface area (TPSA) is 52.3 Å². The zero-order valence-corrected chi connectivity index (χ0v) is 12.2. The number of halogens is 1. The largest absolute Gasteiger partial charge is 0.462 e. The van der Waals surface area contributed by atoms with Gasteiger partial charge in [-0.1, -0.05) is 38.5 Å². The third kappa shape index (κ3) is 13.4. The van der Waals surface area contributed by atoms with E-state index in [1.807, 2.05) is 0 Å². The first-order chi connectivity index (χ1) is 8.66. The van der Waals surface area contributed by atoms with Crippen molar-refractivity contribution in [3.8, 4) is 0 Å². The number of hydrogen-bond acceptors (Lipinski definition) is 3. The monoisotopic (exact) mass is 275 g/mol. The fraction of sp³-hybridized carbons (Fsp3) is 0.786. The van der Waals surface area contributed by atoms with E-state index in [1.54, 1.807) is 6.92 Å². The summed E-state index contributed by atoms with van der Waals surface area (Å²) in [5.74, 6) is 0.443. The number of hydrogen-bond donors (Lipinski definition) is 1. The number of unbranched alkanes of at least 4 members (excludes halogenated alkanes) is 7. The average Bonchev–Trinajstić information content (AvgIpc) is 2.30. The van der Waals surface area contributed by atoms with E-state index in [0.717, 1.165) is 25.1 Å². The number of allylic oxidation sites excluding steroid dienone is 1. The van der Waals surface area contributed by atoms with E-state index in [-0.39, 0.29) is 5.97 Å². The van der Waals surface area contributed by atoms with Crippen molar-refractivity contribution in [1.82, 2.24) is 0 Å². The van der Waals surface area contributed by atoms with Gasteiger partial charge in [0, 0.05) is 17.7 Å². The van der Waals surface area contributed by atoms with Gasteiger partial charge in [0.25, 0.3) is 0 Å². The molecule has 0 aliphatic carbocycles. The predicted octanol–water partition coefficient (Wildman–Crippen LogP) is 3.75. The molecule has 106 valence electrons. The molecule has 0 amide bonds. The molecular formula is C14H26ClNO2. The van der Waals surface area contributed by atoms with Crippen LogP contribution in [0.25, 0.3) is 0 Å². The summed E-state index contributed by atoms with van der Waals surface area (Å²) < 4.78 is 5.00. The van der Waals surface area contributed by atoms with Crippen LogP contribution in [0.15, 0.2) is 11.8 Å². The molecule has 0 bridgehead atoms. The minimum absolute atomic E-state index is 0.337. The van der Waals surface area contributed by atoms with Crippen molar-refractivity contribution < 1.29 is 9.53 Å². The van der Waals surface area contributed by atoms with Gasteiger partial charge in [-0.05, 0) is 19.8 Å². The van der Waals surface area contributed by atoms with Gasteiger partial charge in [0.05, 0.1) is 6.61 Å². The van der Waals surface area contributed by atoms with E-state index < -0.39 is 0 Å². The SMILES string of the molecule is C/C(N)=C/C(=O)OCCCCCCCCCCCl. The summed E-state index contributed by atoms with van der Waals surface area (Å²) in [6, 6.07) is 0. The lowest BCUT2D eigenvalue weighted by Crippen LogP contribution is -2.05. The molecule has 0 atom stereocenters. The molecule has 2 N–H and O–H groups in total. The molecule has 0 rings (SSSR count). The van der Waals surface area contributed by atoms with Crippen LogP contribution in [0.3, 0.4) is 0 Å². The highest BCUT2D eigenvalue weighted by Crippen LogP contribution is 2.09. The molecule has 0 aromatic carbocycles. The molecular weight excluding hydrogens is 250 g/mol. The van der Waals surface area contributed by atoms with Crippen molar-refractivity contribution in [3.05, 3.63) is 11.8 Å². The smallest absolute Gasteiger partial charge is 0.332 e. The third-order valence-electron chi connectivity index (χ3n) is 2.62. The molecule has 0 saturated carbocycles. The van der Waals surface area contributed by atoms with Crippen LogP contribution in [0, 0.1) is 0 Å². The summed E-state index contributed by atoms with van der Waals surface area (Å²) in [6.45, 7) is 2.17. The lowest BCUT2D eigenvalue weighted by Gasteiger charge is -2.03. The van der Waals surface area contributed by atoms with E-state index in [4.69, 9.17) is 22.1 Å². The van der Waals surface area contributed by atoms with E-state index in [0.29, 0.717) is 12.3 Å². The summed E-state index contributed by atoms with van der Waals surface area (Å²) in [7, 11) is 0. The Morgan fingerprint density at radius 3 is 2.06 bits per heavy atom. The molecule has 0 fully saturated rings. The molecule has 0 saturated heterocycles. The maximum atomic E-state index is 11.1. The Balaban J connectivity index is 3.16. The maximum absolute atomic E-state index is 11.1. The van der Waals surface area contributed by atoms with Crippen molar-refractivity contribution in [2.75, 3.05) is 12.5 Å². The number of rotatable bonds is 11. The van der Waals surface area contributed by atoms with Crippen LogP contribution in [-0.4, -0.2) is 18.5 Å². The van der Waals surface area contributed by atoms with Gasteiger partial charge in [-0.25, -0.2) is 4.79 Å². The summed E-state index contributed by atoms with van der Waals surface area (Å²) in [4.78, 5) is 11.1. The predicted molar refractivity (Wildman–Crippen MR) is 76.6 cm³/mol. The molecule has 3 nitrogen and oxygen atoms in total. The second kappa shape index (κ2) is 12.7. The Kier molecular flexibility index (Phi) is 12.3. The van der Waals surface area contributed by atoms with Crippen molar-refractivity contribution in [3.63, 3.8) is 0 Å². The fourth-order valence-corrected chi connectivity index (χ4v) is 1.85. The van der Waals surface area contributed by atoms with Gasteiger partial charge in [0.15, 0.2) is 0 Å². The lowest BCUT2D eigenvalue weighted by molar-refractivity contribution is -0.137. The Morgan fingerprint density at radius 2 is 1.56 bits per heavy atom. The van der Waals surface area contributed by atoms with E-state index >= 15 is 0 Å². The highest BCUT2D eigenvalue weighted by molar-refractivity contribution is 6.17. The number of carbonyl (C=O) groups excluding carboxylic acids is 1. The number of nitrogens with two attached hydrogens (primary N) is 1. The quantitative estimate of drug-likeness (QED) is 0.270. The van der Waals surface area contributed by atoms with Crippen molar-refractivity contribution in [1.29, 1.82) is 0 Å². The normalized spacial score (nSPS) is 11.6. The third-order valence-corrected chi connectivity index (χ3v) is 2.89. The molecule has 0 aromatic heterocycles. The Morgan fingerprint density at radius 1 is 1.06 bits per heavy atom. The van der Waals surface area contributed by atoms with Crippen LogP contribution in [0.5, 0.6) is 0 Å². The highest BCUT2D eigenvalue weighted by Gasteiger charge is 1.98. The molecule has 0 radical (unpaired) electrons. The fourth-order valence-electron chi connectivity index (χ4n) is 1.66. The van der Waals surface area contributed by atoms with Crippen LogP contribution in [0.2, 0.25) is 0 Å². The Hall–Kier alpha value is -0.700. The molecule has 0 spiro atoms. The average molecular weight is 276 g/mol. The zero-order valence-electron chi connectivity index (χ0n) is 11.4. The van der Waals surface area contributed by atoms with Gasteiger partial charge < -0.3 is 10.5 Å². The summed E-state index contributed by atoms with van der Waals surface area (Å²) >= 11 is 5.60. The first-order valence-corrected chi connectivity index (χ1v) is 7.36. The van der Waals surface area contributed by atoms with E-state index in [9.17, 15) is 4.79 Å². The van der Waals surface area contributed by atoms with Crippen LogP contribution >= 0.6 is 11.6 Å². The summed E-state index contributed by atoms with van der Waals surface area (Å²) in [5, 5.41) is 0. The molecule has 18 heavy (non-hydrogen) atoms. The van der Waals surface area contributed by atoms with Gasteiger partial charge in [-0.3, -0.25) is 0 Å². The number of ether oxygens (including phenoxy) is 1. The van der Waals surface area contributed by atoms with Gasteiger partial charge in [0.1, 0.15) is 0 Å². The van der Waals surface area contributed by atoms with Gasteiger partial charge in [-0.2, -0.15) is 0 Å². The molecule has 0 heterocycles. The van der Waals surface area contributed by atoms with Crippen LogP contribution in [0.1, 0.15) is 58.3 Å².